The number of hydrogen-bond acceptors (Lipinski definition) is 5. The Labute approximate surface area is 240 Å². The van der Waals surface area contributed by atoms with Crippen molar-refractivity contribution in [1.82, 2.24) is 15.5 Å². The fourth-order valence-corrected chi connectivity index (χ4v) is 5.44. The summed E-state index contributed by atoms with van der Waals surface area (Å²) in [5.74, 6) is 0.311. The molecule has 2 atom stereocenters. The zero-order valence-corrected chi connectivity index (χ0v) is 25.8. The topological polar surface area (TPSA) is 87.7 Å². The summed E-state index contributed by atoms with van der Waals surface area (Å²) < 4.78 is 5.49. The second-order valence-corrected chi connectivity index (χ2v) is 12.7. The normalized spacial score (nSPS) is 15.7. The van der Waals surface area contributed by atoms with Crippen molar-refractivity contribution in [3.8, 4) is 0 Å². The SMILES string of the molecule is CCCCCCN(C(=O)C(CCSC)NC(=O)OC(C)(C)C)C(C(=O)NC1CCCCC1)c1ccc(C)cc1. The Bertz CT molecular complexity index is 894. The molecular weight excluding hydrogens is 510 g/mol. The van der Waals surface area contributed by atoms with Crippen LogP contribution in [0.4, 0.5) is 4.79 Å². The predicted octanol–water partition coefficient (Wildman–Crippen LogP) is 6.54. The van der Waals surface area contributed by atoms with Crippen molar-refractivity contribution < 1.29 is 19.1 Å². The van der Waals surface area contributed by atoms with Gasteiger partial charge in [-0.25, -0.2) is 4.79 Å². The lowest BCUT2D eigenvalue weighted by molar-refractivity contribution is -0.143. The number of benzene rings is 1. The number of nitrogens with zero attached hydrogens (tertiary/aromatic N) is 1. The van der Waals surface area contributed by atoms with Crippen LogP contribution in [-0.2, 0) is 14.3 Å². The molecule has 1 aliphatic carbocycles. The van der Waals surface area contributed by atoms with Crippen LogP contribution in [0.15, 0.2) is 24.3 Å². The molecule has 0 aromatic heterocycles. The van der Waals surface area contributed by atoms with Gasteiger partial charge >= 0.3 is 6.09 Å². The van der Waals surface area contributed by atoms with Crippen LogP contribution in [0, 0.1) is 6.92 Å². The summed E-state index contributed by atoms with van der Waals surface area (Å²) in [6.07, 6.45) is 11.1. The zero-order chi connectivity index (χ0) is 28.8. The Morgan fingerprint density at radius 2 is 1.72 bits per heavy atom. The third-order valence-electron chi connectivity index (χ3n) is 7.04. The highest BCUT2D eigenvalue weighted by Gasteiger charge is 2.36. The summed E-state index contributed by atoms with van der Waals surface area (Å²) in [5.41, 5.74) is 1.20. The van der Waals surface area contributed by atoms with Crippen molar-refractivity contribution in [3.63, 3.8) is 0 Å². The van der Waals surface area contributed by atoms with E-state index >= 15 is 0 Å². The molecule has 2 rings (SSSR count). The average Bonchev–Trinajstić information content (AvgIpc) is 2.88. The molecule has 1 saturated carbocycles. The summed E-state index contributed by atoms with van der Waals surface area (Å²) in [7, 11) is 0. The highest BCUT2D eigenvalue weighted by Crippen LogP contribution is 2.26. The zero-order valence-electron chi connectivity index (χ0n) is 25.0. The smallest absolute Gasteiger partial charge is 0.408 e. The molecule has 0 aliphatic heterocycles. The first-order chi connectivity index (χ1) is 18.6. The average molecular weight is 562 g/mol. The molecule has 2 unspecified atom stereocenters. The molecule has 39 heavy (non-hydrogen) atoms. The van der Waals surface area contributed by atoms with Gasteiger partial charge in [-0.3, -0.25) is 9.59 Å². The molecule has 0 radical (unpaired) electrons. The van der Waals surface area contributed by atoms with Crippen LogP contribution in [0.1, 0.15) is 109 Å². The first-order valence-corrected chi connectivity index (χ1v) is 16.1. The summed E-state index contributed by atoms with van der Waals surface area (Å²) in [4.78, 5) is 42.7. The quantitative estimate of drug-likeness (QED) is 0.252. The van der Waals surface area contributed by atoms with Crippen LogP contribution in [0.2, 0.25) is 0 Å². The van der Waals surface area contributed by atoms with Gasteiger partial charge in [0.05, 0.1) is 0 Å². The summed E-state index contributed by atoms with van der Waals surface area (Å²) in [5, 5.41) is 6.10. The maximum absolute atomic E-state index is 14.3. The number of amides is 3. The Morgan fingerprint density at radius 3 is 2.31 bits per heavy atom. The molecule has 3 amide bonds. The second-order valence-electron chi connectivity index (χ2n) is 11.7. The lowest BCUT2D eigenvalue weighted by atomic mass is 9.94. The highest BCUT2D eigenvalue weighted by molar-refractivity contribution is 7.98. The van der Waals surface area contributed by atoms with Gasteiger partial charge in [0.2, 0.25) is 11.8 Å². The Hall–Kier alpha value is -2.22. The number of unbranched alkanes of at least 4 members (excludes halogenated alkanes) is 3. The van der Waals surface area contributed by atoms with Crippen LogP contribution in [0.3, 0.4) is 0 Å². The summed E-state index contributed by atoms with van der Waals surface area (Å²) >= 11 is 1.62. The fraction of sp³-hybridized carbons (Fsp3) is 0.710. The lowest BCUT2D eigenvalue weighted by Crippen LogP contribution is -2.54. The Balaban J connectivity index is 2.43. The van der Waals surface area contributed by atoms with Crippen molar-refractivity contribution in [3.05, 3.63) is 35.4 Å². The molecule has 7 nitrogen and oxygen atoms in total. The minimum absolute atomic E-state index is 0.128. The van der Waals surface area contributed by atoms with Crippen molar-refractivity contribution in [2.45, 2.75) is 123 Å². The maximum Gasteiger partial charge on any atom is 0.408 e. The largest absolute Gasteiger partial charge is 0.444 e. The van der Waals surface area contributed by atoms with Gasteiger partial charge in [-0.2, -0.15) is 11.8 Å². The number of rotatable bonds is 14. The molecule has 2 N–H and O–H groups in total. The first kappa shape index (κ1) is 33.0. The number of alkyl carbamates (subject to hydrolysis) is 1. The predicted molar refractivity (Wildman–Crippen MR) is 161 cm³/mol. The van der Waals surface area contributed by atoms with Crippen LogP contribution >= 0.6 is 11.8 Å². The summed E-state index contributed by atoms with van der Waals surface area (Å²) in [6, 6.07) is 6.45. The van der Waals surface area contributed by atoms with Gasteiger partial charge < -0.3 is 20.3 Å². The molecule has 1 aromatic rings. The molecule has 1 fully saturated rings. The van der Waals surface area contributed by atoms with Crippen molar-refractivity contribution in [1.29, 1.82) is 0 Å². The van der Waals surface area contributed by atoms with Crippen molar-refractivity contribution in [2.24, 2.45) is 0 Å². The Kier molecular flexibility index (Phi) is 14.2. The molecule has 1 aliphatic rings. The number of hydrogen-bond donors (Lipinski definition) is 2. The number of ether oxygens (including phenoxy) is 1. The van der Waals surface area contributed by atoms with Crippen LogP contribution in [0.25, 0.3) is 0 Å². The van der Waals surface area contributed by atoms with Gasteiger partial charge in [-0.15, -0.1) is 0 Å². The van der Waals surface area contributed by atoms with E-state index in [4.69, 9.17) is 4.74 Å². The number of nitrogens with one attached hydrogen (secondary N) is 2. The number of carbonyl (C=O) groups is 3. The molecule has 0 heterocycles. The Morgan fingerprint density at radius 1 is 1.05 bits per heavy atom. The minimum atomic E-state index is -0.783. The van der Waals surface area contributed by atoms with E-state index in [1.54, 1.807) is 37.4 Å². The highest BCUT2D eigenvalue weighted by atomic mass is 32.2. The van der Waals surface area contributed by atoms with E-state index in [0.29, 0.717) is 18.7 Å². The molecular formula is C31H51N3O4S. The molecule has 220 valence electrons. The monoisotopic (exact) mass is 561 g/mol. The third-order valence-corrected chi connectivity index (χ3v) is 7.68. The molecule has 0 saturated heterocycles. The first-order valence-electron chi connectivity index (χ1n) is 14.7. The van der Waals surface area contributed by atoms with E-state index in [2.05, 4.69) is 17.6 Å². The van der Waals surface area contributed by atoms with Crippen LogP contribution in [0.5, 0.6) is 0 Å². The van der Waals surface area contributed by atoms with Gasteiger partial charge in [0.1, 0.15) is 17.7 Å². The van der Waals surface area contributed by atoms with Gasteiger partial charge in [-0.05, 0) is 71.0 Å². The van der Waals surface area contributed by atoms with Gasteiger partial charge in [0.15, 0.2) is 0 Å². The van der Waals surface area contributed by atoms with Crippen LogP contribution in [-0.4, -0.2) is 59.0 Å². The van der Waals surface area contributed by atoms with Gasteiger partial charge in [0, 0.05) is 12.6 Å². The molecule has 0 spiro atoms. The molecule has 8 heteroatoms. The number of aryl methyl sites for hydroxylation is 1. The van der Waals surface area contributed by atoms with E-state index in [9.17, 15) is 14.4 Å². The molecule has 1 aromatic carbocycles. The fourth-order valence-electron chi connectivity index (χ4n) is 4.97. The minimum Gasteiger partial charge on any atom is -0.444 e. The maximum atomic E-state index is 14.3. The number of carbonyl (C=O) groups excluding carboxylic acids is 3. The summed E-state index contributed by atoms with van der Waals surface area (Å²) in [6.45, 7) is 10.0. The van der Waals surface area contributed by atoms with Gasteiger partial charge in [-0.1, -0.05) is 75.3 Å². The lowest BCUT2D eigenvalue weighted by Gasteiger charge is -2.36. The van der Waals surface area contributed by atoms with E-state index in [0.717, 1.165) is 62.5 Å². The standard InChI is InChI=1S/C31H51N3O4S/c1-7-8-9-13-21-34(29(36)26(20-22-39-6)33-30(37)38-31(3,4)5)27(24-18-16-23(2)17-19-24)28(35)32-25-14-11-10-12-15-25/h16-19,25-27H,7-15,20-22H2,1-6H3,(H,32,35)(H,33,37). The van der Waals surface area contributed by atoms with E-state index in [1.165, 1.54) is 6.42 Å². The van der Waals surface area contributed by atoms with E-state index in [-0.39, 0.29) is 17.9 Å². The second kappa shape index (κ2) is 16.8. The van der Waals surface area contributed by atoms with Crippen LogP contribution < -0.4 is 10.6 Å². The van der Waals surface area contributed by atoms with Crippen molar-refractivity contribution >= 4 is 29.7 Å². The third kappa shape index (κ3) is 11.8. The van der Waals surface area contributed by atoms with Crippen molar-refractivity contribution in [2.75, 3.05) is 18.6 Å². The van der Waals surface area contributed by atoms with Gasteiger partial charge in [0.25, 0.3) is 0 Å². The van der Waals surface area contributed by atoms with E-state index in [1.807, 2.05) is 37.4 Å². The van der Waals surface area contributed by atoms with E-state index < -0.39 is 23.8 Å². The molecule has 0 bridgehead atoms. The number of thioether (sulfide) groups is 1.